The van der Waals surface area contributed by atoms with Gasteiger partial charge in [0, 0.05) is 30.6 Å². The van der Waals surface area contributed by atoms with Crippen molar-refractivity contribution < 1.29 is 29.1 Å². The Hall–Kier alpha value is -3.20. The molecule has 0 amide bonds. The molecule has 0 radical (unpaired) electrons. The molecule has 0 aliphatic carbocycles. The average Bonchev–Trinajstić information content (AvgIpc) is 2.67. The number of nitro groups is 1. The van der Waals surface area contributed by atoms with Gasteiger partial charge in [0.25, 0.3) is 5.69 Å². The first kappa shape index (κ1) is 23.1. The standard InChI is InChI=1S/C21H26N2O7/c1-11(2)16(29-5)10-30-21(26)18-13(4)22-12(3)17(20(24)25)19(18)14-7-6-8-15(9-14)23(27)28/h6-9,11,16,19,22H,10H2,1-5H3,(H,24,25). The summed E-state index contributed by atoms with van der Waals surface area (Å²) in [4.78, 5) is 35.7. The second-order valence-electron chi connectivity index (χ2n) is 7.41. The van der Waals surface area contributed by atoms with Crippen molar-refractivity contribution in [2.45, 2.75) is 39.7 Å². The molecule has 2 atom stereocenters. The van der Waals surface area contributed by atoms with E-state index in [0.717, 1.165) is 0 Å². The number of allylic oxidation sites excluding steroid dienone is 2. The van der Waals surface area contributed by atoms with Crippen LogP contribution < -0.4 is 5.32 Å². The summed E-state index contributed by atoms with van der Waals surface area (Å²) < 4.78 is 10.8. The van der Waals surface area contributed by atoms with Crippen LogP contribution in [0, 0.1) is 16.0 Å². The Morgan fingerprint density at radius 3 is 2.40 bits per heavy atom. The maximum Gasteiger partial charge on any atom is 0.336 e. The van der Waals surface area contributed by atoms with Gasteiger partial charge < -0.3 is 19.9 Å². The lowest BCUT2D eigenvalue weighted by Gasteiger charge is -2.30. The first-order valence-electron chi connectivity index (χ1n) is 9.44. The fraction of sp³-hybridized carbons (Fsp3) is 0.429. The number of carbonyl (C=O) groups is 2. The van der Waals surface area contributed by atoms with Gasteiger partial charge in [-0.1, -0.05) is 26.0 Å². The highest BCUT2D eigenvalue weighted by Crippen LogP contribution is 2.39. The summed E-state index contributed by atoms with van der Waals surface area (Å²) in [5.41, 5.74) is 0.929. The Morgan fingerprint density at radius 2 is 1.87 bits per heavy atom. The van der Waals surface area contributed by atoms with Gasteiger partial charge in [-0.05, 0) is 25.3 Å². The molecular weight excluding hydrogens is 392 g/mol. The fourth-order valence-electron chi connectivity index (χ4n) is 3.47. The van der Waals surface area contributed by atoms with E-state index >= 15 is 0 Å². The van der Waals surface area contributed by atoms with Crippen LogP contribution in [0.4, 0.5) is 5.69 Å². The Balaban J connectivity index is 2.51. The molecule has 0 saturated heterocycles. The normalized spacial score (nSPS) is 17.6. The molecule has 9 heteroatoms. The molecule has 1 aromatic carbocycles. The van der Waals surface area contributed by atoms with E-state index in [-0.39, 0.29) is 35.5 Å². The highest BCUT2D eigenvalue weighted by molar-refractivity contribution is 5.99. The van der Waals surface area contributed by atoms with Crippen molar-refractivity contribution in [3.05, 3.63) is 62.5 Å². The highest BCUT2D eigenvalue weighted by atomic mass is 16.6. The molecule has 2 unspecified atom stereocenters. The molecule has 30 heavy (non-hydrogen) atoms. The van der Waals surface area contributed by atoms with Crippen molar-refractivity contribution in [1.29, 1.82) is 0 Å². The minimum atomic E-state index is -1.23. The number of nitrogens with one attached hydrogen (secondary N) is 1. The predicted octanol–water partition coefficient (Wildman–Crippen LogP) is 3.13. The number of nitrogens with zero attached hydrogens (tertiary/aromatic N) is 1. The molecule has 1 aliphatic rings. The van der Waals surface area contributed by atoms with Crippen molar-refractivity contribution >= 4 is 17.6 Å². The maximum atomic E-state index is 13.0. The lowest BCUT2D eigenvalue weighted by Crippen LogP contribution is -2.33. The summed E-state index contributed by atoms with van der Waals surface area (Å²) in [5.74, 6) is -2.85. The van der Waals surface area contributed by atoms with Crippen molar-refractivity contribution in [3.8, 4) is 0 Å². The number of nitro benzene ring substituents is 1. The molecule has 0 saturated carbocycles. The van der Waals surface area contributed by atoms with Crippen LogP contribution in [0.5, 0.6) is 0 Å². The van der Waals surface area contributed by atoms with Crippen LogP contribution in [-0.4, -0.2) is 41.8 Å². The quantitative estimate of drug-likeness (QED) is 0.374. The number of ether oxygens (including phenoxy) is 2. The van der Waals surface area contributed by atoms with Gasteiger partial charge in [-0.2, -0.15) is 0 Å². The Labute approximate surface area is 174 Å². The predicted molar refractivity (Wildman–Crippen MR) is 109 cm³/mol. The Bertz CT molecular complexity index is 918. The van der Waals surface area contributed by atoms with Gasteiger partial charge in [0.2, 0.25) is 0 Å². The second-order valence-corrected chi connectivity index (χ2v) is 7.41. The molecule has 1 aliphatic heterocycles. The summed E-state index contributed by atoms with van der Waals surface area (Å²) in [6, 6.07) is 5.61. The topological polar surface area (TPSA) is 128 Å². The third-order valence-electron chi connectivity index (χ3n) is 5.05. The summed E-state index contributed by atoms with van der Waals surface area (Å²) in [5, 5.41) is 23.9. The van der Waals surface area contributed by atoms with Crippen LogP contribution in [0.3, 0.4) is 0 Å². The Kier molecular flexibility index (Phi) is 7.33. The van der Waals surface area contributed by atoms with E-state index in [1.807, 2.05) is 13.8 Å². The Morgan fingerprint density at radius 1 is 1.23 bits per heavy atom. The van der Waals surface area contributed by atoms with Crippen LogP contribution in [0.2, 0.25) is 0 Å². The lowest BCUT2D eigenvalue weighted by atomic mass is 9.80. The number of rotatable bonds is 8. The zero-order valence-electron chi connectivity index (χ0n) is 17.6. The fourth-order valence-corrected chi connectivity index (χ4v) is 3.47. The van der Waals surface area contributed by atoms with Crippen LogP contribution in [0.15, 0.2) is 46.8 Å². The summed E-state index contributed by atoms with van der Waals surface area (Å²) in [6.45, 7) is 7.07. The van der Waals surface area contributed by atoms with Crippen molar-refractivity contribution in [1.82, 2.24) is 5.32 Å². The lowest BCUT2D eigenvalue weighted by molar-refractivity contribution is -0.384. The molecule has 2 rings (SSSR count). The van der Waals surface area contributed by atoms with E-state index < -0.39 is 22.8 Å². The number of hydrogen-bond acceptors (Lipinski definition) is 7. The van der Waals surface area contributed by atoms with Gasteiger partial charge >= 0.3 is 11.9 Å². The number of aliphatic carboxylic acids is 1. The number of dihydropyridines is 1. The van der Waals surface area contributed by atoms with E-state index in [2.05, 4.69) is 5.32 Å². The van der Waals surface area contributed by atoms with Gasteiger partial charge in [0.05, 0.1) is 28.1 Å². The smallest absolute Gasteiger partial charge is 0.336 e. The third kappa shape index (κ3) is 4.85. The molecule has 0 fully saturated rings. The molecule has 0 spiro atoms. The largest absolute Gasteiger partial charge is 0.478 e. The number of esters is 1. The number of hydrogen-bond donors (Lipinski definition) is 2. The zero-order chi connectivity index (χ0) is 22.6. The second kappa shape index (κ2) is 9.53. The molecule has 0 bridgehead atoms. The minimum absolute atomic E-state index is 0.00343. The van der Waals surface area contributed by atoms with Gasteiger partial charge in [-0.15, -0.1) is 0 Å². The van der Waals surface area contributed by atoms with E-state index in [0.29, 0.717) is 17.0 Å². The first-order chi connectivity index (χ1) is 14.1. The zero-order valence-corrected chi connectivity index (χ0v) is 17.6. The highest BCUT2D eigenvalue weighted by Gasteiger charge is 2.38. The first-order valence-corrected chi connectivity index (χ1v) is 9.44. The number of carboxylic acid groups (broad SMARTS) is 1. The summed E-state index contributed by atoms with van der Waals surface area (Å²) >= 11 is 0. The van der Waals surface area contributed by atoms with Gasteiger partial charge in [0.1, 0.15) is 6.61 Å². The van der Waals surface area contributed by atoms with Gasteiger partial charge in [0.15, 0.2) is 0 Å². The van der Waals surface area contributed by atoms with Crippen LogP contribution in [-0.2, 0) is 19.1 Å². The number of carboxylic acids is 1. The molecular formula is C21H26N2O7. The molecule has 1 aromatic rings. The molecule has 2 N–H and O–H groups in total. The maximum absolute atomic E-state index is 13.0. The van der Waals surface area contributed by atoms with E-state index in [1.54, 1.807) is 19.9 Å². The van der Waals surface area contributed by atoms with Gasteiger partial charge in [-0.25, -0.2) is 9.59 Å². The van der Waals surface area contributed by atoms with Crippen LogP contribution in [0.1, 0.15) is 39.2 Å². The van der Waals surface area contributed by atoms with Crippen LogP contribution >= 0.6 is 0 Å². The summed E-state index contributed by atoms with van der Waals surface area (Å²) in [7, 11) is 1.52. The van der Waals surface area contributed by atoms with Crippen LogP contribution in [0.25, 0.3) is 0 Å². The molecule has 0 aromatic heterocycles. The van der Waals surface area contributed by atoms with Crippen molar-refractivity contribution in [3.63, 3.8) is 0 Å². The van der Waals surface area contributed by atoms with Gasteiger partial charge in [-0.3, -0.25) is 10.1 Å². The number of carbonyl (C=O) groups excluding carboxylic acids is 1. The molecule has 9 nitrogen and oxygen atoms in total. The minimum Gasteiger partial charge on any atom is -0.478 e. The summed E-state index contributed by atoms with van der Waals surface area (Å²) in [6.07, 6.45) is -0.320. The number of methoxy groups -OCH3 is 1. The monoisotopic (exact) mass is 418 g/mol. The van der Waals surface area contributed by atoms with E-state index in [4.69, 9.17) is 9.47 Å². The van der Waals surface area contributed by atoms with E-state index in [1.165, 1.54) is 25.3 Å². The number of non-ortho nitro benzene ring substituents is 1. The molecule has 162 valence electrons. The average molecular weight is 418 g/mol. The molecule has 1 heterocycles. The van der Waals surface area contributed by atoms with E-state index in [9.17, 15) is 24.8 Å². The SMILES string of the molecule is COC(COC(=O)C1=C(C)NC(C)=C(C(=O)O)C1c1cccc([N+](=O)[O-])c1)C(C)C. The van der Waals surface area contributed by atoms with Crippen molar-refractivity contribution in [2.24, 2.45) is 5.92 Å². The van der Waals surface area contributed by atoms with Crippen molar-refractivity contribution in [2.75, 3.05) is 13.7 Å². The third-order valence-corrected chi connectivity index (χ3v) is 5.05. The number of benzene rings is 1.